The van der Waals surface area contributed by atoms with E-state index in [1.807, 2.05) is 0 Å². The van der Waals surface area contributed by atoms with Gasteiger partial charge in [-0.3, -0.25) is 0 Å². The first-order chi connectivity index (χ1) is 8.79. The fraction of sp³-hybridized carbons (Fsp3) is 1.00. The van der Waals surface area contributed by atoms with E-state index in [1.54, 1.807) is 0 Å². The van der Waals surface area contributed by atoms with Crippen molar-refractivity contribution >= 4 is 23.5 Å². The van der Waals surface area contributed by atoms with Crippen molar-refractivity contribution in [1.29, 1.82) is 0 Å². The summed E-state index contributed by atoms with van der Waals surface area (Å²) in [5.41, 5.74) is 6.79. The summed E-state index contributed by atoms with van der Waals surface area (Å²) in [6, 6.07) is 0.404. The van der Waals surface area contributed by atoms with Crippen LogP contribution < -0.4 is 5.73 Å². The summed E-state index contributed by atoms with van der Waals surface area (Å²) < 4.78 is 6.11. The number of ether oxygens (including phenoxy) is 1. The predicted molar refractivity (Wildman–Crippen MR) is 81.4 cm³/mol. The maximum atomic E-state index is 6.59. The van der Waals surface area contributed by atoms with Gasteiger partial charge in [-0.05, 0) is 49.5 Å². The van der Waals surface area contributed by atoms with E-state index in [2.05, 4.69) is 23.5 Å². The quantitative estimate of drug-likeness (QED) is 0.847. The molecule has 0 amide bonds. The fourth-order valence-electron chi connectivity index (χ4n) is 3.63. The molecule has 0 aliphatic carbocycles. The third-order valence-electron chi connectivity index (χ3n) is 4.79. The molecule has 3 heterocycles. The monoisotopic (exact) mass is 287 g/mol. The molecular weight excluding hydrogens is 262 g/mol. The summed E-state index contributed by atoms with van der Waals surface area (Å²) in [5.74, 6) is 4.50. The number of nitrogens with two attached hydrogens (primary N) is 1. The van der Waals surface area contributed by atoms with Crippen LogP contribution in [-0.2, 0) is 4.74 Å². The number of hydrogen-bond acceptors (Lipinski definition) is 4. The molecule has 0 aromatic rings. The first-order valence-electron chi connectivity index (χ1n) is 7.38. The van der Waals surface area contributed by atoms with Crippen LogP contribution in [0.4, 0.5) is 0 Å². The van der Waals surface area contributed by atoms with Gasteiger partial charge in [-0.15, -0.1) is 0 Å². The lowest BCUT2D eigenvalue weighted by molar-refractivity contribution is -0.0833. The zero-order valence-electron chi connectivity index (χ0n) is 11.1. The molecule has 0 aromatic heterocycles. The summed E-state index contributed by atoms with van der Waals surface area (Å²) in [4.78, 5) is 0. The highest BCUT2D eigenvalue weighted by Gasteiger charge is 2.43. The summed E-state index contributed by atoms with van der Waals surface area (Å²) in [5, 5.41) is 0.716. The van der Waals surface area contributed by atoms with Crippen LogP contribution in [0.1, 0.15) is 38.5 Å². The van der Waals surface area contributed by atoms with E-state index in [9.17, 15) is 0 Å². The van der Waals surface area contributed by atoms with E-state index in [0.717, 1.165) is 6.61 Å². The number of hydrogen-bond donors (Lipinski definition) is 1. The molecule has 104 valence electrons. The van der Waals surface area contributed by atoms with Crippen LogP contribution in [0.5, 0.6) is 0 Å². The van der Waals surface area contributed by atoms with Crippen LogP contribution in [0.15, 0.2) is 0 Å². The van der Waals surface area contributed by atoms with Gasteiger partial charge < -0.3 is 10.5 Å². The molecule has 2 N–H and O–H groups in total. The predicted octanol–water partition coefficient (Wildman–Crippen LogP) is 2.90. The highest BCUT2D eigenvalue weighted by Crippen LogP contribution is 2.42. The van der Waals surface area contributed by atoms with Crippen LogP contribution in [0.25, 0.3) is 0 Å². The van der Waals surface area contributed by atoms with E-state index < -0.39 is 0 Å². The first kappa shape index (κ1) is 13.6. The van der Waals surface area contributed by atoms with Crippen molar-refractivity contribution in [2.45, 2.75) is 55.4 Å². The smallest absolute Gasteiger partial charge is 0.0783 e. The highest BCUT2D eigenvalue weighted by molar-refractivity contribution is 8.00. The molecule has 0 radical (unpaired) electrons. The van der Waals surface area contributed by atoms with Crippen molar-refractivity contribution in [3.05, 3.63) is 0 Å². The maximum Gasteiger partial charge on any atom is 0.0783 e. The number of rotatable bonds is 2. The molecule has 3 fully saturated rings. The Morgan fingerprint density at radius 3 is 2.89 bits per heavy atom. The van der Waals surface area contributed by atoms with Crippen molar-refractivity contribution in [2.24, 2.45) is 11.7 Å². The minimum absolute atomic E-state index is 0.199. The van der Waals surface area contributed by atoms with Crippen LogP contribution in [-0.4, -0.2) is 40.8 Å². The molecular formula is C14H25NOS2. The zero-order chi connectivity index (χ0) is 12.4. The molecule has 3 aliphatic rings. The van der Waals surface area contributed by atoms with E-state index in [-0.39, 0.29) is 5.60 Å². The Morgan fingerprint density at radius 2 is 2.17 bits per heavy atom. The second kappa shape index (κ2) is 5.94. The molecule has 4 heteroatoms. The molecule has 4 unspecified atom stereocenters. The lowest BCUT2D eigenvalue weighted by Gasteiger charge is -2.42. The minimum atomic E-state index is 0.199. The van der Waals surface area contributed by atoms with Gasteiger partial charge in [0.25, 0.3) is 0 Å². The SMILES string of the molecule is NC(C1CCOC2(CCSC2)C1)C1CCCCS1. The standard InChI is InChI=1S/C14H25NOS2/c15-13(12-3-1-2-7-18-12)11-4-6-16-14(9-11)5-8-17-10-14/h11-13H,1-10,15H2. The lowest BCUT2D eigenvalue weighted by atomic mass is 9.80. The summed E-state index contributed by atoms with van der Waals surface area (Å²) >= 11 is 4.18. The normalized spacial score (nSPS) is 43.2. The van der Waals surface area contributed by atoms with E-state index in [0.29, 0.717) is 17.2 Å². The van der Waals surface area contributed by atoms with Crippen molar-refractivity contribution < 1.29 is 4.74 Å². The van der Waals surface area contributed by atoms with Gasteiger partial charge in [0, 0.05) is 23.7 Å². The van der Waals surface area contributed by atoms with Gasteiger partial charge in [0.15, 0.2) is 0 Å². The Hall–Kier alpha value is 0.620. The molecule has 3 saturated heterocycles. The van der Waals surface area contributed by atoms with E-state index >= 15 is 0 Å². The van der Waals surface area contributed by atoms with Gasteiger partial charge in [0.05, 0.1) is 5.60 Å². The fourth-order valence-corrected chi connectivity index (χ4v) is 6.46. The molecule has 4 atom stereocenters. The van der Waals surface area contributed by atoms with E-state index in [4.69, 9.17) is 10.5 Å². The molecule has 2 nitrogen and oxygen atoms in total. The minimum Gasteiger partial charge on any atom is -0.374 e. The molecule has 3 aliphatic heterocycles. The largest absolute Gasteiger partial charge is 0.374 e. The van der Waals surface area contributed by atoms with E-state index in [1.165, 1.54) is 55.8 Å². The topological polar surface area (TPSA) is 35.2 Å². The molecule has 0 saturated carbocycles. The molecule has 0 aromatic carbocycles. The van der Waals surface area contributed by atoms with Crippen molar-refractivity contribution in [3.63, 3.8) is 0 Å². The van der Waals surface area contributed by atoms with Gasteiger partial charge in [0.2, 0.25) is 0 Å². The van der Waals surface area contributed by atoms with Crippen molar-refractivity contribution in [3.8, 4) is 0 Å². The summed E-state index contributed by atoms with van der Waals surface area (Å²) in [6.45, 7) is 0.941. The van der Waals surface area contributed by atoms with Crippen LogP contribution >= 0.6 is 23.5 Å². The van der Waals surface area contributed by atoms with Crippen LogP contribution in [0.2, 0.25) is 0 Å². The first-order valence-corrected chi connectivity index (χ1v) is 9.58. The van der Waals surface area contributed by atoms with Gasteiger partial charge in [-0.25, -0.2) is 0 Å². The van der Waals surface area contributed by atoms with Gasteiger partial charge in [-0.2, -0.15) is 23.5 Å². The molecule has 3 rings (SSSR count). The average molecular weight is 287 g/mol. The summed E-state index contributed by atoms with van der Waals surface area (Å²) in [6.07, 6.45) is 7.77. The summed E-state index contributed by atoms with van der Waals surface area (Å²) in [7, 11) is 0. The van der Waals surface area contributed by atoms with Gasteiger partial charge in [-0.1, -0.05) is 6.42 Å². The van der Waals surface area contributed by atoms with Gasteiger partial charge in [0.1, 0.15) is 0 Å². The Balaban J connectivity index is 1.60. The second-order valence-corrected chi connectivity index (χ2v) is 8.52. The second-order valence-electron chi connectivity index (χ2n) is 6.07. The average Bonchev–Trinajstić information content (AvgIpc) is 2.87. The maximum absolute atomic E-state index is 6.59. The molecule has 18 heavy (non-hydrogen) atoms. The van der Waals surface area contributed by atoms with Gasteiger partial charge >= 0.3 is 0 Å². The lowest BCUT2D eigenvalue weighted by Crippen LogP contribution is -2.49. The number of thioether (sulfide) groups is 2. The third kappa shape index (κ3) is 2.87. The van der Waals surface area contributed by atoms with Crippen LogP contribution in [0, 0.1) is 5.92 Å². The highest BCUT2D eigenvalue weighted by atomic mass is 32.2. The zero-order valence-corrected chi connectivity index (χ0v) is 12.7. The van der Waals surface area contributed by atoms with Crippen LogP contribution in [0.3, 0.4) is 0 Å². The Labute approximate surface area is 119 Å². The Kier molecular flexibility index (Phi) is 4.49. The van der Waals surface area contributed by atoms with Crippen molar-refractivity contribution in [2.75, 3.05) is 23.9 Å². The third-order valence-corrected chi connectivity index (χ3v) is 7.51. The Morgan fingerprint density at radius 1 is 1.22 bits per heavy atom. The van der Waals surface area contributed by atoms with Crippen molar-refractivity contribution in [1.82, 2.24) is 0 Å². The molecule has 0 bridgehead atoms. The molecule has 1 spiro atoms. The Bertz CT molecular complexity index is 275.